The van der Waals surface area contributed by atoms with Gasteiger partial charge in [-0.05, 0) is 24.1 Å². The van der Waals surface area contributed by atoms with Gasteiger partial charge in [0, 0.05) is 35.1 Å². The molecule has 1 heterocycles. The van der Waals surface area contributed by atoms with Crippen LogP contribution in [-0.2, 0) is 0 Å². The second-order valence-electron chi connectivity index (χ2n) is 5.22. The molecule has 1 saturated heterocycles. The zero-order valence-corrected chi connectivity index (χ0v) is 13.7. The maximum Gasteiger partial charge on any atom is 0.123 e. The summed E-state index contributed by atoms with van der Waals surface area (Å²) in [5.74, 6) is 3.66. The first-order valence-electron chi connectivity index (χ1n) is 7.47. The number of unbranched alkanes of at least 4 members (excludes halogenated alkanes) is 1. The van der Waals surface area contributed by atoms with Crippen LogP contribution in [0.1, 0.15) is 37.8 Å². The van der Waals surface area contributed by atoms with Crippen LogP contribution < -0.4 is 5.32 Å². The van der Waals surface area contributed by atoms with Crippen LogP contribution >= 0.6 is 23.5 Å². The average Bonchev–Trinajstić information content (AvgIpc) is 2.50. The molecule has 0 saturated carbocycles. The molecular formula is C16H24FNS2. The van der Waals surface area contributed by atoms with E-state index >= 15 is 0 Å². The quantitative estimate of drug-likeness (QED) is 0.796. The Balaban J connectivity index is 1.90. The third-order valence-electron chi connectivity index (χ3n) is 3.60. The molecule has 1 aliphatic rings. The third kappa shape index (κ3) is 5.30. The first-order valence-corrected chi connectivity index (χ1v) is 9.68. The fourth-order valence-corrected chi connectivity index (χ4v) is 5.04. The first kappa shape index (κ1) is 16.2. The van der Waals surface area contributed by atoms with E-state index in [1.54, 1.807) is 12.1 Å². The van der Waals surface area contributed by atoms with Gasteiger partial charge in [0.25, 0.3) is 0 Å². The predicted octanol–water partition coefficient (Wildman–Crippen LogP) is 4.50. The molecule has 1 fully saturated rings. The SMILES string of the molecule is CCCCC(NCC1CSCCS1)c1ccc(F)cc1. The van der Waals surface area contributed by atoms with Crippen LogP contribution in [0.25, 0.3) is 0 Å². The highest BCUT2D eigenvalue weighted by Gasteiger charge is 2.17. The normalized spacial score (nSPS) is 20.8. The minimum absolute atomic E-state index is 0.151. The smallest absolute Gasteiger partial charge is 0.123 e. The Bertz CT molecular complexity index is 377. The molecule has 0 spiro atoms. The average molecular weight is 314 g/mol. The van der Waals surface area contributed by atoms with Crippen LogP contribution in [0.3, 0.4) is 0 Å². The summed E-state index contributed by atoms with van der Waals surface area (Å²) in [7, 11) is 0. The van der Waals surface area contributed by atoms with Crippen molar-refractivity contribution in [2.24, 2.45) is 0 Å². The van der Waals surface area contributed by atoms with Gasteiger partial charge in [-0.25, -0.2) is 4.39 Å². The molecular weight excluding hydrogens is 289 g/mol. The van der Waals surface area contributed by atoms with Crippen molar-refractivity contribution in [3.05, 3.63) is 35.6 Å². The van der Waals surface area contributed by atoms with Crippen molar-refractivity contribution in [3.63, 3.8) is 0 Å². The molecule has 0 radical (unpaired) electrons. The molecule has 4 heteroatoms. The maximum atomic E-state index is 13.1. The standard InChI is InChI=1S/C16H24FNS2/c1-2-3-4-16(13-5-7-14(17)8-6-13)18-11-15-12-19-9-10-20-15/h5-8,15-16,18H,2-4,9-12H2,1H3. The van der Waals surface area contributed by atoms with Crippen molar-refractivity contribution in [2.45, 2.75) is 37.5 Å². The Morgan fingerprint density at radius 1 is 1.30 bits per heavy atom. The lowest BCUT2D eigenvalue weighted by molar-refractivity contribution is 0.484. The molecule has 0 aliphatic carbocycles. The second kappa shape index (κ2) is 8.96. The van der Waals surface area contributed by atoms with Gasteiger partial charge in [0.1, 0.15) is 5.82 Å². The lowest BCUT2D eigenvalue weighted by atomic mass is 10.0. The van der Waals surface area contributed by atoms with Gasteiger partial charge in [-0.15, -0.1) is 0 Å². The summed E-state index contributed by atoms with van der Waals surface area (Å²) < 4.78 is 13.1. The van der Waals surface area contributed by atoms with E-state index in [9.17, 15) is 4.39 Å². The van der Waals surface area contributed by atoms with Crippen molar-refractivity contribution in [2.75, 3.05) is 23.8 Å². The number of rotatable bonds is 7. The number of thioether (sulfide) groups is 2. The zero-order valence-electron chi connectivity index (χ0n) is 12.1. The number of hydrogen-bond donors (Lipinski definition) is 1. The molecule has 1 nitrogen and oxygen atoms in total. The van der Waals surface area contributed by atoms with E-state index in [1.807, 2.05) is 12.1 Å². The molecule has 2 unspecified atom stereocenters. The van der Waals surface area contributed by atoms with Crippen LogP contribution in [0.2, 0.25) is 0 Å². The molecule has 0 aromatic heterocycles. The fraction of sp³-hybridized carbons (Fsp3) is 0.625. The molecule has 112 valence electrons. The number of hydrogen-bond acceptors (Lipinski definition) is 3. The fourth-order valence-electron chi connectivity index (χ4n) is 2.42. The Hall–Kier alpha value is -0.190. The van der Waals surface area contributed by atoms with Gasteiger partial charge in [-0.2, -0.15) is 23.5 Å². The molecule has 2 rings (SSSR count). The highest BCUT2D eigenvalue weighted by molar-refractivity contribution is 8.06. The number of halogens is 1. The molecule has 1 aromatic rings. The van der Waals surface area contributed by atoms with Crippen molar-refractivity contribution in [3.8, 4) is 0 Å². The number of benzene rings is 1. The van der Waals surface area contributed by atoms with Crippen LogP contribution in [0.5, 0.6) is 0 Å². The second-order valence-corrected chi connectivity index (χ2v) is 7.78. The summed E-state index contributed by atoms with van der Waals surface area (Å²) in [5.41, 5.74) is 1.22. The van der Waals surface area contributed by atoms with E-state index in [-0.39, 0.29) is 5.82 Å². The van der Waals surface area contributed by atoms with Gasteiger partial charge in [-0.3, -0.25) is 0 Å². The molecule has 1 N–H and O–H groups in total. The minimum Gasteiger partial charge on any atom is -0.309 e. The molecule has 2 atom stereocenters. The van der Waals surface area contributed by atoms with Crippen molar-refractivity contribution in [1.82, 2.24) is 5.32 Å². The van der Waals surface area contributed by atoms with Crippen LogP contribution in [0, 0.1) is 5.82 Å². The van der Waals surface area contributed by atoms with Crippen molar-refractivity contribution in [1.29, 1.82) is 0 Å². The van der Waals surface area contributed by atoms with E-state index < -0.39 is 0 Å². The Kier molecular flexibility index (Phi) is 7.25. The monoisotopic (exact) mass is 313 g/mol. The van der Waals surface area contributed by atoms with E-state index in [1.165, 1.54) is 35.7 Å². The van der Waals surface area contributed by atoms with Crippen molar-refractivity contribution >= 4 is 23.5 Å². The van der Waals surface area contributed by atoms with E-state index in [0.29, 0.717) is 6.04 Å². The van der Waals surface area contributed by atoms with Gasteiger partial charge in [0.15, 0.2) is 0 Å². The summed E-state index contributed by atoms with van der Waals surface area (Å²) in [5, 5.41) is 4.42. The van der Waals surface area contributed by atoms with E-state index in [2.05, 4.69) is 35.8 Å². The Morgan fingerprint density at radius 2 is 2.10 bits per heavy atom. The van der Waals surface area contributed by atoms with Gasteiger partial charge >= 0.3 is 0 Å². The Morgan fingerprint density at radius 3 is 2.75 bits per heavy atom. The summed E-state index contributed by atoms with van der Waals surface area (Å²) >= 11 is 4.14. The Labute approximate surface area is 130 Å². The van der Waals surface area contributed by atoms with Crippen LogP contribution in [0.4, 0.5) is 4.39 Å². The molecule has 20 heavy (non-hydrogen) atoms. The van der Waals surface area contributed by atoms with Crippen LogP contribution in [0.15, 0.2) is 24.3 Å². The van der Waals surface area contributed by atoms with Crippen LogP contribution in [-0.4, -0.2) is 29.1 Å². The largest absolute Gasteiger partial charge is 0.309 e. The lowest BCUT2D eigenvalue weighted by Crippen LogP contribution is -2.32. The molecule has 0 amide bonds. The lowest BCUT2D eigenvalue weighted by Gasteiger charge is -2.25. The molecule has 0 bridgehead atoms. The highest BCUT2D eigenvalue weighted by Crippen LogP contribution is 2.25. The minimum atomic E-state index is -0.151. The summed E-state index contributed by atoms with van der Waals surface area (Å²) in [6, 6.07) is 7.35. The molecule has 1 aromatic carbocycles. The third-order valence-corrected chi connectivity index (χ3v) is 6.44. The summed E-state index contributed by atoms with van der Waals surface area (Å²) in [4.78, 5) is 0. The molecule has 1 aliphatic heterocycles. The number of nitrogens with one attached hydrogen (secondary N) is 1. The van der Waals surface area contributed by atoms with Gasteiger partial charge in [-0.1, -0.05) is 31.9 Å². The summed E-state index contributed by atoms with van der Waals surface area (Å²) in [6.45, 7) is 3.28. The van der Waals surface area contributed by atoms with E-state index in [4.69, 9.17) is 0 Å². The van der Waals surface area contributed by atoms with Crippen molar-refractivity contribution < 1.29 is 4.39 Å². The predicted molar refractivity (Wildman–Crippen MR) is 90.2 cm³/mol. The van der Waals surface area contributed by atoms with Gasteiger partial charge in [0.2, 0.25) is 0 Å². The van der Waals surface area contributed by atoms with Gasteiger partial charge < -0.3 is 5.32 Å². The highest BCUT2D eigenvalue weighted by atomic mass is 32.2. The first-order chi connectivity index (χ1) is 9.79. The van der Waals surface area contributed by atoms with Gasteiger partial charge in [0.05, 0.1) is 0 Å². The zero-order chi connectivity index (χ0) is 14.2. The maximum absolute atomic E-state index is 13.1. The summed E-state index contributed by atoms with van der Waals surface area (Å²) in [6.07, 6.45) is 3.54. The van der Waals surface area contributed by atoms with E-state index in [0.717, 1.165) is 18.2 Å². The topological polar surface area (TPSA) is 12.0 Å².